The van der Waals surface area contributed by atoms with E-state index in [4.69, 9.17) is 19.5 Å². The average molecular weight is 563 g/mol. The van der Waals surface area contributed by atoms with E-state index in [0.29, 0.717) is 6.42 Å². The number of rotatable bonds is 11. The number of para-hydroxylation sites is 1. The summed E-state index contributed by atoms with van der Waals surface area (Å²) in [7, 11) is -4.09. The van der Waals surface area contributed by atoms with E-state index in [9.17, 15) is 19.6 Å². The van der Waals surface area contributed by atoms with Gasteiger partial charge in [0.15, 0.2) is 0 Å². The second kappa shape index (κ2) is 12.8. The molecule has 38 heavy (non-hydrogen) atoms. The van der Waals surface area contributed by atoms with Gasteiger partial charge in [0.1, 0.15) is 24.2 Å². The smallest absolute Gasteiger partial charge is 0.459 e. The van der Waals surface area contributed by atoms with Crippen LogP contribution < -0.4 is 15.3 Å². The van der Waals surface area contributed by atoms with Crippen molar-refractivity contribution < 1.29 is 33.4 Å². The maximum absolute atomic E-state index is 13.8. The summed E-state index contributed by atoms with van der Waals surface area (Å²) in [6.07, 6.45) is 1.52. The molecule has 0 radical (unpaired) electrons. The summed E-state index contributed by atoms with van der Waals surface area (Å²) < 4.78 is 30.5. The number of aliphatic hydroxyl groups excluding tert-OH is 2. The molecule has 0 saturated carbocycles. The molecular weight excluding hydrogens is 531 g/mol. The van der Waals surface area contributed by atoms with Gasteiger partial charge in [0.05, 0.1) is 23.3 Å². The fourth-order valence-corrected chi connectivity index (χ4v) is 6.89. The number of aliphatic hydroxyl groups is 2. The van der Waals surface area contributed by atoms with E-state index < -0.39 is 37.5 Å². The predicted molar refractivity (Wildman–Crippen MR) is 144 cm³/mol. The number of amidine groups is 1. The van der Waals surface area contributed by atoms with Crippen LogP contribution in [0.3, 0.4) is 0 Å². The quantitative estimate of drug-likeness (QED) is 0.236. The summed E-state index contributed by atoms with van der Waals surface area (Å²) in [5.41, 5.74) is 6.44. The van der Waals surface area contributed by atoms with Crippen LogP contribution in [0.1, 0.15) is 18.9 Å². The number of carbonyl (C=O) groups is 1. The molecule has 13 heteroatoms. The van der Waals surface area contributed by atoms with Crippen LogP contribution >= 0.6 is 19.5 Å². The number of esters is 1. The molecule has 0 amide bonds. The summed E-state index contributed by atoms with van der Waals surface area (Å²) in [6.45, 7) is 1.42. The Bertz CT molecular complexity index is 1190. The van der Waals surface area contributed by atoms with Gasteiger partial charge in [-0.05, 0) is 30.7 Å². The lowest BCUT2D eigenvalue weighted by Gasteiger charge is -2.31. The van der Waals surface area contributed by atoms with E-state index in [-0.39, 0.29) is 30.2 Å². The van der Waals surface area contributed by atoms with Gasteiger partial charge in [-0.1, -0.05) is 48.5 Å². The fraction of sp³-hybridized carbons (Fsp3) is 0.360. The van der Waals surface area contributed by atoms with Crippen LogP contribution in [0.5, 0.6) is 5.75 Å². The van der Waals surface area contributed by atoms with Crippen molar-refractivity contribution in [3.63, 3.8) is 0 Å². The Morgan fingerprint density at radius 2 is 1.89 bits per heavy atom. The fourth-order valence-electron chi connectivity index (χ4n) is 3.80. The van der Waals surface area contributed by atoms with Gasteiger partial charge in [-0.3, -0.25) is 9.32 Å². The molecule has 0 aromatic heterocycles. The van der Waals surface area contributed by atoms with Crippen molar-refractivity contribution in [1.82, 2.24) is 9.99 Å². The van der Waals surface area contributed by atoms with Crippen LogP contribution in [-0.2, 0) is 25.2 Å². The molecule has 11 nitrogen and oxygen atoms in total. The van der Waals surface area contributed by atoms with E-state index in [2.05, 4.69) is 10.1 Å². The van der Waals surface area contributed by atoms with E-state index in [1.807, 2.05) is 30.3 Å². The number of thioether (sulfide) groups is 1. The molecule has 2 aliphatic heterocycles. The number of nitrogens with one attached hydrogen (secondary N) is 1. The Morgan fingerprint density at radius 3 is 2.58 bits per heavy atom. The minimum absolute atomic E-state index is 0.0647. The summed E-state index contributed by atoms with van der Waals surface area (Å²) in [4.78, 5) is 18.1. The van der Waals surface area contributed by atoms with E-state index >= 15 is 0 Å². The molecule has 204 valence electrons. The van der Waals surface area contributed by atoms with Gasteiger partial charge in [0.2, 0.25) is 6.35 Å². The molecule has 5 N–H and O–H groups in total. The summed E-state index contributed by atoms with van der Waals surface area (Å²) in [6, 6.07) is 16.6. The van der Waals surface area contributed by atoms with Crippen molar-refractivity contribution in [2.75, 3.05) is 6.61 Å². The monoisotopic (exact) mass is 562 g/mol. The molecule has 2 unspecified atom stereocenters. The van der Waals surface area contributed by atoms with Crippen LogP contribution in [0.25, 0.3) is 0 Å². The lowest BCUT2D eigenvalue weighted by Crippen LogP contribution is -2.39. The second-order valence-electron chi connectivity index (χ2n) is 8.74. The first-order chi connectivity index (χ1) is 18.2. The van der Waals surface area contributed by atoms with Gasteiger partial charge in [-0.2, -0.15) is 5.09 Å². The number of hydrogen-bond acceptors (Lipinski definition) is 11. The lowest BCUT2D eigenvalue weighted by atomic mass is 10.2. The summed E-state index contributed by atoms with van der Waals surface area (Å²) in [5, 5.41) is 22.7. The Hall–Kier alpha value is -2.86. The topological polar surface area (TPSA) is 156 Å². The second-order valence-corrected chi connectivity index (χ2v) is 11.9. The maximum atomic E-state index is 13.8. The Labute approximate surface area is 225 Å². The van der Waals surface area contributed by atoms with Crippen molar-refractivity contribution >= 4 is 31.3 Å². The molecule has 4 rings (SSSR count). The molecule has 2 aromatic rings. The molecule has 1 fully saturated rings. The van der Waals surface area contributed by atoms with E-state index in [0.717, 1.165) is 5.56 Å². The first-order valence-corrected chi connectivity index (χ1v) is 14.5. The molecule has 0 aliphatic carbocycles. The van der Waals surface area contributed by atoms with E-state index in [1.165, 1.54) is 18.7 Å². The lowest BCUT2D eigenvalue weighted by molar-refractivity contribution is -0.146. The highest BCUT2D eigenvalue weighted by atomic mass is 32.2. The first-order valence-electron chi connectivity index (χ1n) is 12.0. The Kier molecular flexibility index (Phi) is 9.48. The molecule has 1 saturated heterocycles. The number of aliphatic imine (C=N–C) groups is 1. The predicted octanol–water partition coefficient (Wildman–Crippen LogP) is 2.57. The number of hydrogen-bond donors (Lipinski definition) is 4. The number of nitrogens with two attached hydrogens (primary N) is 1. The molecule has 0 spiro atoms. The summed E-state index contributed by atoms with van der Waals surface area (Å²) >= 11 is 1.34. The van der Waals surface area contributed by atoms with Gasteiger partial charge in [0, 0.05) is 12.6 Å². The number of benzene rings is 2. The van der Waals surface area contributed by atoms with Gasteiger partial charge < -0.3 is 30.1 Å². The van der Waals surface area contributed by atoms with Crippen LogP contribution in [0, 0.1) is 0 Å². The minimum Gasteiger partial charge on any atom is -0.460 e. The van der Waals surface area contributed by atoms with Gasteiger partial charge >= 0.3 is 13.7 Å². The van der Waals surface area contributed by atoms with Crippen molar-refractivity contribution in [3.8, 4) is 5.75 Å². The highest BCUT2D eigenvalue weighted by molar-refractivity contribution is 8.00. The first kappa shape index (κ1) is 28.2. The van der Waals surface area contributed by atoms with Crippen molar-refractivity contribution in [3.05, 3.63) is 78.5 Å². The van der Waals surface area contributed by atoms with Gasteiger partial charge in [-0.15, -0.1) is 11.8 Å². The zero-order valence-corrected chi connectivity index (χ0v) is 22.4. The Morgan fingerprint density at radius 1 is 1.21 bits per heavy atom. The average Bonchev–Trinajstić information content (AvgIpc) is 3.27. The minimum atomic E-state index is -4.09. The van der Waals surface area contributed by atoms with Crippen LogP contribution in [0.15, 0.2) is 77.9 Å². The van der Waals surface area contributed by atoms with Gasteiger partial charge in [0.25, 0.3) is 0 Å². The highest BCUT2D eigenvalue weighted by Crippen LogP contribution is 2.47. The maximum Gasteiger partial charge on any atom is 0.459 e. The standard InChI is InChI=1S/C25H31N4O7PS/c1-17(24(31)34-15-18-8-4-2-5-9-18)28-37(33,36-19-10-6-3-7-11-19)35-16-21-20(30)14-23(38-21)29-13-12-22(26)27-25(29)32/h2-13,17,20-21,23,25,30,32H,14-16H2,1H3,(H2,26,27)(H,28,33)/t17-,20+,21+,23+,25?,37?/m0/s1. The molecule has 2 aliphatic rings. The largest absolute Gasteiger partial charge is 0.460 e. The van der Waals surface area contributed by atoms with Crippen molar-refractivity contribution in [2.24, 2.45) is 10.7 Å². The summed E-state index contributed by atoms with van der Waals surface area (Å²) in [5.74, 6) is -0.142. The number of ether oxygens (including phenoxy) is 1. The van der Waals surface area contributed by atoms with Crippen LogP contribution in [-0.4, -0.2) is 62.6 Å². The third-order valence-corrected chi connectivity index (χ3v) is 8.99. The third-order valence-electron chi connectivity index (χ3n) is 5.79. The molecule has 0 bridgehead atoms. The number of carbonyl (C=O) groups excluding carboxylic acids is 1. The van der Waals surface area contributed by atoms with Crippen LogP contribution in [0.4, 0.5) is 0 Å². The molecular formula is C25H31N4O7PS. The SMILES string of the molecule is C[C@H](NP(=O)(OC[C@H]1S[C@@H](N2C=CC(N)=NC2O)C[C@H]1O)Oc1ccccc1)C(=O)OCc1ccccc1. The Balaban J connectivity index is 1.39. The normalized spacial score (nSPS) is 25.3. The molecule has 2 heterocycles. The third kappa shape index (κ3) is 7.59. The highest BCUT2D eigenvalue weighted by Gasteiger charge is 2.41. The van der Waals surface area contributed by atoms with Crippen molar-refractivity contribution in [1.29, 1.82) is 0 Å². The molecule has 6 atom stereocenters. The van der Waals surface area contributed by atoms with E-state index in [1.54, 1.807) is 47.5 Å². The molecule has 2 aromatic carbocycles. The van der Waals surface area contributed by atoms with Gasteiger partial charge in [-0.25, -0.2) is 9.56 Å². The zero-order chi connectivity index (χ0) is 27.1. The van der Waals surface area contributed by atoms with Crippen LogP contribution in [0.2, 0.25) is 0 Å². The van der Waals surface area contributed by atoms with Crippen molar-refractivity contribution in [2.45, 2.75) is 49.1 Å². The number of nitrogens with zero attached hydrogens (tertiary/aromatic N) is 2. The zero-order valence-electron chi connectivity index (χ0n) is 20.7.